The van der Waals surface area contributed by atoms with E-state index in [1.54, 1.807) is 11.0 Å². The fraction of sp³-hybridized carbons (Fsp3) is 0.550. The molecule has 0 bridgehead atoms. The molecule has 0 aliphatic carbocycles. The molecule has 10 heteroatoms. The molecule has 2 aliphatic heterocycles. The summed E-state index contributed by atoms with van der Waals surface area (Å²) in [5.74, 6) is -2.78. The zero-order valence-corrected chi connectivity index (χ0v) is 16.1. The van der Waals surface area contributed by atoms with Crippen LogP contribution in [0.15, 0.2) is 24.3 Å². The number of carboxylic acid groups (broad SMARTS) is 1. The largest absolute Gasteiger partial charge is 0.573 e. The van der Waals surface area contributed by atoms with Gasteiger partial charge in [-0.15, -0.1) is 13.2 Å². The average Bonchev–Trinajstić information content (AvgIpc) is 2.72. The Hall–Kier alpha value is -2.96. The van der Waals surface area contributed by atoms with E-state index in [0.29, 0.717) is 31.5 Å². The van der Waals surface area contributed by atoms with Crippen LogP contribution in [0, 0.1) is 23.2 Å². The molecule has 7 nitrogen and oxygen atoms in total. The molecular formula is C20H22F3N3O4. The van der Waals surface area contributed by atoms with Crippen molar-refractivity contribution in [2.75, 3.05) is 26.2 Å². The number of carbonyl (C=O) groups is 2. The second-order valence-corrected chi connectivity index (χ2v) is 7.67. The van der Waals surface area contributed by atoms with Crippen molar-refractivity contribution in [1.82, 2.24) is 9.80 Å². The second-order valence-electron chi connectivity index (χ2n) is 7.67. The van der Waals surface area contributed by atoms with Crippen LogP contribution < -0.4 is 4.74 Å². The number of ether oxygens (including phenoxy) is 1. The first-order valence-electron chi connectivity index (χ1n) is 9.68. The van der Waals surface area contributed by atoms with Crippen LogP contribution in [0.5, 0.6) is 5.75 Å². The summed E-state index contributed by atoms with van der Waals surface area (Å²) >= 11 is 0. The smallest absolute Gasteiger partial charge is 0.481 e. The standard InChI is InChI=1S/C20H22F3N3O4/c21-20(22,23)30-17-3-1-2-14(9-17)15-8-16(18(27)28)12-26(11-15)19(29)25-6-4-13(10-24)5-7-25/h1-3,9,13,15-16H,4-8,11-12H2,(H,27,28). The normalized spacial score (nSPS) is 23.0. The number of piperidine rings is 2. The number of carbonyl (C=O) groups excluding carboxylic acids is 1. The molecule has 0 aromatic heterocycles. The highest BCUT2D eigenvalue weighted by atomic mass is 19.4. The second kappa shape index (κ2) is 8.81. The Morgan fingerprint density at radius 1 is 1.17 bits per heavy atom. The van der Waals surface area contributed by atoms with Gasteiger partial charge in [-0.2, -0.15) is 5.26 Å². The van der Waals surface area contributed by atoms with Crippen LogP contribution in [-0.4, -0.2) is 59.4 Å². The van der Waals surface area contributed by atoms with Gasteiger partial charge in [-0.3, -0.25) is 4.79 Å². The number of benzene rings is 1. The number of carboxylic acids is 1. The van der Waals surface area contributed by atoms with Crippen molar-refractivity contribution in [3.63, 3.8) is 0 Å². The molecular weight excluding hydrogens is 403 g/mol. The zero-order chi connectivity index (χ0) is 21.9. The maximum absolute atomic E-state index is 13.0. The van der Waals surface area contributed by atoms with E-state index in [1.807, 2.05) is 0 Å². The summed E-state index contributed by atoms with van der Waals surface area (Å²) in [6, 6.07) is 7.34. The van der Waals surface area contributed by atoms with Crippen LogP contribution in [0.4, 0.5) is 18.0 Å². The monoisotopic (exact) mass is 425 g/mol. The van der Waals surface area contributed by atoms with Gasteiger partial charge in [0.15, 0.2) is 0 Å². The van der Waals surface area contributed by atoms with Crippen molar-refractivity contribution in [2.24, 2.45) is 11.8 Å². The van der Waals surface area contributed by atoms with Crippen LogP contribution in [0.2, 0.25) is 0 Å². The van der Waals surface area contributed by atoms with Gasteiger partial charge in [-0.05, 0) is 37.0 Å². The molecule has 30 heavy (non-hydrogen) atoms. The Morgan fingerprint density at radius 2 is 1.87 bits per heavy atom. The van der Waals surface area contributed by atoms with Crippen molar-refractivity contribution < 1.29 is 32.6 Å². The number of halogens is 3. The minimum absolute atomic E-state index is 0.0432. The predicted molar refractivity (Wildman–Crippen MR) is 98.5 cm³/mol. The molecule has 3 rings (SSSR count). The lowest BCUT2D eigenvalue weighted by molar-refractivity contribution is -0.274. The summed E-state index contributed by atoms with van der Waals surface area (Å²) in [5, 5.41) is 18.5. The SMILES string of the molecule is N#CC1CCN(C(=O)N2CC(C(=O)O)CC(c3cccc(OC(F)(F)F)c3)C2)CC1. The molecule has 1 aromatic carbocycles. The number of hydrogen-bond acceptors (Lipinski definition) is 4. The van der Waals surface area contributed by atoms with Crippen LogP contribution in [-0.2, 0) is 4.79 Å². The summed E-state index contributed by atoms with van der Waals surface area (Å²) in [5.41, 5.74) is 0.490. The maximum atomic E-state index is 13.0. The highest BCUT2D eigenvalue weighted by Gasteiger charge is 2.37. The molecule has 2 amide bonds. The third-order valence-electron chi connectivity index (χ3n) is 5.58. The number of hydrogen-bond donors (Lipinski definition) is 1. The van der Waals surface area contributed by atoms with Gasteiger partial charge in [-0.1, -0.05) is 12.1 Å². The van der Waals surface area contributed by atoms with Crippen molar-refractivity contribution in [3.05, 3.63) is 29.8 Å². The van der Waals surface area contributed by atoms with E-state index in [0.717, 1.165) is 0 Å². The van der Waals surface area contributed by atoms with Gasteiger partial charge >= 0.3 is 18.4 Å². The average molecular weight is 425 g/mol. The Kier molecular flexibility index (Phi) is 6.39. The van der Waals surface area contributed by atoms with Gasteiger partial charge in [0.05, 0.1) is 12.0 Å². The van der Waals surface area contributed by atoms with E-state index in [1.165, 1.54) is 23.1 Å². The molecule has 2 atom stereocenters. The topological polar surface area (TPSA) is 93.9 Å². The van der Waals surface area contributed by atoms with Crippen LogP contribution in [0.3, 0.4) is 0 Å². The molecule has 1 N–H and O–H groups in total. The highest BCUT2D eigenvalue weighted by Crippen LogP contribution is 2.34. The molecule has 162 valence electrons. The Labute approximate surface area is 171 Å². The van der Waals surface area contributed by atoms with Crippen molar-refractivity contribution in [2.45, 2.75) is 31.5 Å². The summed E-state index contributed by atoms with van der Waals surface area (Å²) < 4.78 is 41.6. The lowest BCUT2D eigenvalue weighted by Gasteiger charge is -2.40. The number of aliphatic carboxylic acids is 1. The summed E-state index contributed by atoms with van der Waals surface area (Å²) in [6.07, 6.45) is -3.48. The number of urea groups is 1. The van der Waals surface area contributed by atoms with Crippen LogP contribution in [0.25, 0.3) is 0 Å². The molecule has 1 aromatic rings. The Balaban J connectivity index is 1.76. The molecule has 0 saturated carbocycles. The first-order chi connectivity index (χ1) is 14.2. The molecule has 0 spiro atoms. The van der Waals surface area contributed by atoms with Gasteiger partial charge in [0.25, 0.3) is 0 Å². The Morgan fingerprint density at radius 3 is 2.47 bits per heavy atom. The number of alkyl halides is 3. The van der Waals surface area contributed by atoms with E-state index in [2.05, 4.69) is 10.8 Å². The van der Waals surface area contributed by atoms with E-state index < -0.39 is 24.2 Å². The quantitative estimate of drug-likeness (QED) is 0.801. The van der Waals surface area contributed by atoms with E-state index in [-0.39, 0.29) is 37.2 Å². The summed E-state index contributed by atoms with van der Waals surface area (Å²) in [7, 11) is 0. The minimum Gasteiger partial charge on any atom is -0.481 e. The van der Waals surface area contributed by atoms with Crippen molar-refractivity contribution in [1.29, 1.82) is 5.26 Å². The molecule has 2 aliphatic rings. The van der Waals surface area contributed by atoms with Gasteiger partial charge in [0, 0.05) is 38.0 Å². The number of amides is 2. The Bertz CT molecular complexity index is 831. The molecule has 2 unspecified atom stereocenters. The fourth-order valence-corrected chi connectivity index (χ4v) is 4.04. The summed E-state index contributed by atoms with van der Waals surface area (Å²) in [6.45, 7) is 1.09. The van der Waals surface area contributed by atoms with Gasteiger partial charge < -0.3 is 19.6 Å². The first kappa shape index (κ1) is 21.7. The number of nitrogens with zero attached hydrogens (tertiary/aromatic N) is 3. The lowest BCUT2D eigenvalue weighted by Crippen LogP contribution is -2.52. The molecule has 2 fully saturated rings. The highest BCUT2D eigenvalue weighted by molar-refractivity contribution is 5.77. The van der Waals surface area contributed by atoms with Crippen LogP contribution in [0.1, 0.15) is 30.7 Å². The molecule has 2 saturated heterocycles. The maximum Gasteiger partial charge on any atom is 0.573 e. The van der Waals surface area contributed by atoms with Gasteiger partial charge in [0.2, 0.25) is 0 Å². The van der Waals surface area contributed by atoms with E-state index in [9.17, 15) is 27.9 Å². The van der Waals surface area contributed by atoms with Crippen molar-refractivity contribution >= 4 is 12.0 Å². The third kappa shape index (κ3) is 5.34. The predicted octanol–water partition coefficient (Wildman–Crippen LogP) is 3.43. The first-order valence-corrected chi connectivity index (χ1v) is 9.68. The third-order valence-corrected chi connectivity index (χ3v) is 5.58. The zero-order valence-electron chi connectivity index (χ0n) is 16.1. The summed E-state index contributed by atoms with van der Waals surface area (Å²) in [4.78, 5) is 27.7. The minimum atomic E-state index is -4.83. The van der Waals surface area contributed by atoms with E-state index >= 15 is 0 Å². The van der Waals surface area contributed by atoms with Gasteiger partial charge in [-0.25, -0.2) is 4.79 Å². The van der Waals surface area contributed by atoms with Crippen LogP contribution >= 0.6 is 0 Å². The molecule has 0 radical (unpaired) electrons. The number of rotatable bonds is 3. The number of likely N-dealkylation sites (tertiary alicyclic amines) is 2. The van der Waals surface area contributed by atoms with Crippen molar-refractivity contribution in [3.8, 4) is 11.8 Å². The van der Waals surface area contributed by atoms with Gasteiger partial charge in [0.1, 0.15) is 5.75 Å². The lowest BCUT2D eigenvalue weighted by atomic mass is 9.84. The molecule has 2 heterocycles. The fourth-order valence-electron chi connectivity index (χ4n) is 4.04. The number of nitriles is 1. The van der Waals surface area contributed by atoms with E-state index in [4.69, 9.17) is 5.26 Å².